The largest absolute Gasteiger partial charge is 0.455 e. The van der Waals surface area contributed by atoms with Crippen LogP contribution in [0.15, 0.2) is 241 Å². The Kier molecular flexibility index (Phi) is 9.10. The maximum absolute atomic E-state index is 6.45. The molecule has 0 N–H and O–H groups in total. The zero-order valence-corrected chi connectivity index (χ0v) is 37.7. The van der Waals surface area contributed by atoms with E-state index in [0.717, 1.165) is 99.6 Å². The number of benzene rings is 10. The lowest BCUT2D eigenvalue weighted by Crippen LogP contribution is -2.00. The SMILES string of the molecule is c1ccc(-c2nc(-c3ccc(-c4cccc5c4nc(-c4ccccc4)c4ccc6c(c7ccccc7n6-c6ccccc6)c45)cc3)nc(-c3cccc(-c4cccc5c4oc4ccccc45)c3)n2)cc1. The Hall–Kier alpha value is -9.52. The van der Waals surface area contributed by atoms with E-state index in [0.29, 0.717) is 17.5 Å². The molecule has 70 heavy (non-hydrogen) atoms. The second kappa shape index (κ2) is 16.1. The van der Waals surface area contributed by atoms with Crippen LogP contribution in [0.25, 0.3) is 139 Å². The van der Waals surface area contributed by atoms with Crippen molar-refractivity contribution in [2.75, 3.05) is 0 Å². The summed E-state index contributed by atoms with van der Waals surface area (Å²) >= 11 is 0. The van der Waals surface area contributed by atoms with E-state index < -0.39 is 0 Å². The molecule has 6 heteroatoms. The Morgan fingerprint density at radius 2 is 0.871 bits per heavy atom. The highest BCUT2D eigenvalue weighted by atomic mass is 16.3. The molecule has 0 aliphatic carbocycles. The number of hydrogen-bond donors (Lipinski definition) is 0. The Labute approximate surface area is 402 Å². The number of rotatable bonds is 7. The number of fused-ring (bicyclic) bond motifs is 10. The highest BCUT2D eigenvalue weighted by molar-refractivity contribution is 6.30. The minimum absolute atomic E-state index is 0.588. The number of aromatic nitrogens is 5. The summed E-state index contributed by atoms with van der Waals surface area (Å²) in [5.41, 5.74) is 14.9. The van der Waals surface area contributed by atoms with Crippen LogP contribution >= 0.6 is 0 Å². The Balaban J connectivity index is 0.923. The van der Waals surface area contributed by atoms with Crippen molar-refractivity contribution in [2.45, 2.75) is 0 Å². The topological polar surface area (TPSA) is 69.6 Å². The summed E-state index contributed by atoms with van der Waals surface area (Å²) in [5.74, 6) is 1.78. The molecule has 0 radical (unpaired) electrons. The lowest BCUT2D eigenvalue weighted by Gasteiger charge is -2.15. The van der Waals surface area contributed by atoms with Gasteiger partial charge < -0.3 is 8.98 Å². The van der Waals surface area contributed by atoms with Crippen LogP contribution in [0.5, 0.6) is 0 Å². The summed E-state index contributed by atoms with van der Waals surface area (Å²) in [4.78, 5) is 21.0. The molecule has 0 bridgehead atoms. The minimum atomic E-state index is 0.588. The van der Waals surface area contributed by atoms with Gasteiger partial charge in [-0.15, -0.1) is 0 Å². The van der Waals surface area contributed by atoms with Gasteiger partial charge in [-0.05, 0) is 47.5 Å². The normalized spacial score (nSPS) is 11.7. The third-order valence-corrected chi connectivity index (χ3v) is 13.6. The van der Waals surface area contributed by atoms with E-state index in [1.165, 1.54) is 21.7 Å². The van der Waals surface area contributed by atoms with E-state index in [2.05, 4.69) is 193 Å². The van der Waals surface area contributed by atoms with Gasteiger partial charge in [0.25, 0.3) is 0 Å². The maximum atomic E-state index is 6.45. The van der Waals surface area contributed by atoms with Gasteiger partial charge in [0.05, 0.1) is 22.2 Å². The summed E-state index contributed by atoms with van der Waals surface area (Å²) in [5, 5.41) is 8.02. The zero-order valence-electron chi connectivity index (χ0n) is 37.7. The second-order valence-corrected chi connectivity index (χ2v) is 17.7. The van der Waals surface area contributed by atoms with E-state index in [4.69, 9.17) is 24.4 Å². The molecule has 0 atom stereocenters. The van der Waals surface area contributed by atoms with Crippen molar-refractivity contribution < 1.29 is 4.42 Å². The van der Waals surface area contributed by atoms with Crippen LogP contribution in [0, 0.1) is 0 Å². The first-order valence-electron chi connectivity index (χ1n) is 23.5. The fourth-order valence-corrected chi connectivity index (χ4v) is 10.4. The lowest BCUT2D eigenvalue weighted by molar-refractivity contribution is 0.670. The van der Waals surface area contributed by atoms with Crippen molar-refractivity contribution in [1.29, 1.82) is 0 Å². The van der Waals surface area contributed by atoms with Crippen molar-refractivity contribution in [3.8, 4) is 73.4 Å². The predicted octanol–water partition coefficient (Wildman–Crippen LogP) is 16.6. The molecule has 6 nitrogen and oxygen atoms in total. The molecule has 0 aliphatic heterocycles. The van der Waals surface area contributed by atoms with Crippen molar-refractivity contribution >= 4 is 65.4 Å². The van der Waals surface area contributed by atoms with Gasteiger partial charge in [-0.3, -0.25) is 0 Å². The van der Waals surface area contributed by atoms with E-state index in [-0.39, 0.29) is 0 Å². The summed E-state index contributed by atoms with van der Waals surface area (Å²) in [6.07, 6.45) is 0. The minimum Gasteiger partial charge on any atom is -0.455 e. The summed E-state index contributed by atoms with van der Waals surface area (Å²) in [7, 11) is 0. The van der Waals surface area contributed by atoms with E-state index in [1.807, 2.05) is 48.5 Å². The van der Waals surface area contributed by atoms with Crippen LogP contribution in [0.3, 0.4) is 0 Å². The molecule has 0 fully saturated rings. The molecule has 0 unspecified atom stereocenters. The van der Waals surface area contributed by atoms with Crippen molar-refractivity contribution in [3.05, 3.63) is 237 Å². The average molecular weight is 894 g/mol. The lowest BCUT2D eigenvalue weighted by atomic mass is 9.93. The molecule has 10 aromatic carbocycles. The van der Waals surface area contributed by atoms with Crippen LogP contribution in [0.4, 0.5) is 0 Å². The zero-order chi connectivity index (χ0) is 46.1. The van der Waals surface area contributed by atoms with Gasteiger partial charge in [0.1, 0.15) is 11.2 Å². The first-order chi connectivity index (χ1) is 34.7. The molecule has 326 valence electrons. The number of pyridine rings is 1. The molecule has 0 saturated heterocycles. The fraction of sp³-hybridized carbons (Fsp3) is 0. The van der Waals surface area contributed by atoms with Crippen LogP contribution in [0.1, 0.15) is 0 Å². The standard InChI is InChI=1S/C64H39N5O/c1-4-17-41(18-5-1)59-53-37-38-55-58(51-26-10-12-31-54(51)69(55)46-23-8-3-9-24-46)57(53)52-30-15-27-47(60(52)65-59)40-33-35-43(36-34-40)63-66-62(42-19-6-2-7-20-42)67-64(68-63)45-22-14-21-44(39-45)48-28-16-29-50-49-25-11-13-32-56(49)70-61(48)50/h1-39H. The number of para-hydroxylation sites is 5. The predicted molar refractivity (Wildman–Crippen MR) is 287 cm³/mol. The van der Waals surface area contributed by atoms with Gasteiger partial charge in [0.2, 0.25) is 0 Å². The molecule has 4 aromatic heterocycles. The Morgan fingerprint density at radius 3 is 1.64 bits per heavy atom. The molecular formula is C64H39N5O. The quantitative estimate of drug-likeness (QED) is 0.149. The Bertz CT molecular complexity index is 4330. The molecule has 0 spiro atoms. The van der Waals surface area contributed by atoms with Crippen LogP contribution in [-0.2, 0) is 0 Å². The maximum Gasteiger partial charge on any atom is 0.164 e. The summed E-state index contributed by atoms with van der Waals surface area (Å²) in [6.45, 7) is 0. The van der Waals surface area contributed by atoms with E-state index in [9.17, 15) is 0 Å². The number of nitrogens with zero attached hydrogens (tertiary/aromatic N) is 5. The van der Waals surface area contributed by atoms with Gasteiger partial charge in [0, 0.05) is 76.8 Å². The van der Waals surface area contributed by atoms with Crippen molar-refractivity contribution in [3.63, 3.8) is 0 Å². The monoisotopic (exact) mass is 893 g/mol. The molecule has 14 rings (SSSR count). The molecule has 4 heterocycles. The first-order valence-corrected chi connectivity index (χ1v) is 23.5. The first kappa shape index (κ1) is 39.6. The summed E-state index contributed by atoms with van der Waals surface area (Å²) in [6, 6.07) is 82.6. The van der Waals surface area contributed by atoms with Gasteiger partial charge in [-0.1, -0.05) is 200 Å². The summed E-state index contributed by atoms with van der Waals surface area (Å²) < 4.78 is 8.84. The highest BCUT2D eigenvalue weighted by Crippen LogP contribution is 2.44. The van der Waals surface area contributed by atoms with Crippen molar-refractivity contribution in [2.24, 2.45) is 0 Å². The smallest absolute Gasteiger partial charge is 0.164 e. The number of hydrogen-bond acceptors (Lipinski definition) is 5. The third kappa shape index (κ3) is 6.42. The van der Waals surface area contributed by atoms with Crippen molar-refractivity contribution in [1.82, 2.24) is 24.5 Å². The van der Waals surface area contributed by atoms with E-state index in [1.54, 1.807) is 0 Å². The van der Waals surface area contributed by atoms with Crippen LogP contribution < -0.4 is 0 Å². The molecular weight excluding hydrogens is 855 g/mol. The fourth-order valence-electron chi connectivity index (χ4n) is 10.4. The van der Waals surface area contributed by atoms with Gasteiger partial charge in [-0.2, -0.15) is 0 Å². The highest BCUT2D eigenvalue weighted by Gasteiger charge is 2.22. The van der Waals surface area contributed by atoms with Gasteiger partial charge in [0.15, 0.2) is 17.5 Å². The van der Waals surface area contributed by atoms with E-state index >= 15 is 0 Å². The molecule has 14 aromatic rings. The third-order valence-electron chi connectivity index (χ3n) is 13.6. The molecule has 0 amide bonds. The second-order valence-electron chi connectivity index (χ2n) is 17.7. The van der Waals surface area contributed by atoms with Crippen LogP contribution in [-0.4, -0.2) is 24.5 Å². The Morgan fingerprint density at radius 1 is 0.314 bits per heavy atom. The van der Waals surface area contributed by atoms with Gasteiger partial charge in [-0.25, -0.2) is 19.9 Å². The average Bonchev–Trinajstić information content (AvgIpc) is 3.99. The van der Waals surface area contributed by atoms with Crippen LogP contribution in [0.2, 0.25) is 0 Å². The van der Waals surface area contributed by atoms with Gasteiger partial charge >= 0.3 is 0 Å². The molecule has 0 saturated carbocycles. The molecule has 0 aliphatic rings. The number of furan rings is 1.